The van der Waals surface area contributed by atoms with Gasteiger partial charge in [-0.15, -0.1) is 0 Å². The van der Waals surface area contributed by atoms with Crippen LogP contribution in [0.1, 0.15) is 24.3 Å². The molecule has 0 amide bonds. The third-order valence-corrected chi connectivity index (χ3v) is 3.59. The zero-order valence-electron chi connectivity index (χ0n) is 7.82. The first-order chi connectivity index (χ1) is 6.36. The molecule has 0 bridgehead atoms. The van der Waals surface area contributed by atoms with E-state index in [1.54, 1.807) is 5.56 Å². The molecule has 0 heteroatoms. The van der Waals surface area contributed by atoms with Crippen LogP contribution in [-0.4, -0.2) is 0 Å². The minimum Gasteiger partial charge on any atom is -0.0622 e. The normalized spacial score (nSPS) is 41.6. The monoisotopic (exact) mass is 171 g/mol. The summed E-state index contributed by atoms with van der Waals surface area (Å²) in [5.41, 5.74) is 1.55. The molecule has 1 radical (unpaired) electrons. The van der Waals surface area contributed by atoms with Crippen molar-refractivity contribution >= 4 is 0 Å². The molecule has 0 nitrogen and oxygen atoms in total. The Balaban J connectivity index is 1.71. The van der Waals surface area contributed by atoms with Crippen LogP contribution in [-0.2, 0) is 0 Å². The van der Waals surface area contributed by atoms with E-state index in [0.29, 0.717) is 0 Å². The minimum atomic E-state index is 0.777. The molecule has 0 heterocycles. The highest BCUT2D eigenvalue weighted by atomic mass is 14.6. The Bertz CT molecular complexity index is 301. The fourth-order valence-electron chi connectivity index (χ4n) is 2.57. The van der Waals surface area contributed by atoms with Gasteiger partial charge in [0, 0.05) is 0 Å². The van der Waals surface area contributed by atoms with Gasteiger partial charge in [0.15, 0.2) is 0 Å². The van der Waals surface area contributed by atoms with Crippen molar-refractivity contribution in [2.45, 2.75) is 18.8 Å². The van der Waals surface area contributed by atoms with Crippen molar-refractivity contribution in [1.82, 2.24) is 0 Å². The average molecular weight is 171 g/mol. The zero-order valence-corrected chi connectivity index (χ0v) is 7.82. The molecule has 4 atom stereocenters. The Hall–Kier alpha value is -0.780. The molecular formula is C13H15. The topological polar surface area (TPSA) is 0 Å². The van der Waals surface area contributed by atoms with Gasteiger partial charge < -0.3 is 0 Å². The largest absolute Gasteiger partial charge is 0.0622 e. The molecule has 0 spiro atoms. The van der Waals surface area contributed by atoms with E-state index < -0.39 is 0 Å². The van der Waals surface area contributed by atoms with Crippen molar-refractivity contribution in [3.05, 3.63) is 42.8 Å². The smallest absolute Gasteiger partial charge is 0.0128 e. The molecule has 2 aliphatic carbocycles. The van der Waals surface area contributed by atoms with Crippen molar-refractivity contribution in [3.63, 3.8) is 0 Å². The summed E-state index contributed by atoms with van der Waals surface area (Å²) >= 11 is 0. The van der Waals surface area contributed by atoms with Crippen LogP contribution in [0.25, 0.3) is 0 Å². The Morgan fingerprint density at radius 1 is 1.00 bits per heavy atom. The molecule has 2 saturated carbocycles. The number of hydrogen-bond donors (Lipinski definition) is 0. The first kappa shape index (κ1) is 7.61. The Morgan fingerprint density at radius 2 is 1.69 bits per heavy atom. The second-order valence-corrected chi connectivity index (χ2v) is 4.58. The molecule has 0 aromatic heterocycles. The van der Waals surface area contributed by atoms with Gasteiger partial charge in [-0.2, -0.15) is 0 Å². The summed E-state index contributed by atoms with van der Waals surface area (Å²) in [4.78, 5) is 0. The van der Waals surface area contributed by atoms with Gasteiger partial charge in [0.25, 0.3) is 0 Å². The van der Waals surface area contributed by atoms with Crippen molar-refractivity contribution in [3.8, 4) is 0 Å². The zero-order chi connectivity index (χ0) is 8.84. The lowest BCUT2D eigenvalue weighted by Crippen LogP contribution is -1.86. The highest BCUT2D eigenvalue weighted by Gasteiger charge is 2.51. The minimum absolute atomic E-state index is 0.777. The maximum Gasteiger partial charge on any atom is -0.0128 e. The standard InChI is InChI=1S/C13H15/c1-9-7-11(9)13-8-12(13)10-5-3-2-4-6-10/h2-6,9,11-13H,1,7-8H2/t9-,11-,12-,13-/m1/s1. The van der Waals surface area contributed by atoms with Crippen LogP contribution < -0.4 is 0 Å². The molecule has 0 N–H and O–H groups in total. The van der Waals surface area contributed by atoms with E-state index in [0.717, 1.165) is 23.7 Å². The van der Waals surface area contributed by atoms with Crippen molar-refractivity contribution in [1.29, 1.82) is 0 Å². The number of rotatable bonds is 2. The molecule has 13 heavy (non-hydrogen) atoms. The second kappa shape index (κ2) is 2.60. The first-order valence-electron chi connectivity index (χ1n) is 5.24. The van der Waals surface area contributed by atoms with Crippen LogP contribution >= 0.6 is 0 Å². The summed E-state index contributed by atoms with van der Waals surface area (Å²) in [7, 11) is 0. The predicted molar refractivity (Wildman–Crippen MR) is 54.2 cm³/mol. The average Bonchev–Trinajstić information content (AvgIpc) is 3.01. The predicted octanol–water partition coefficient (Wildman–Crippen LogP) is 3.26. The van der Waals surface area contributed by atoms with Gasteiger partial charge >= 0.3 is 0 Å². The molecule has 67 valence electrons. The van der Waals surface area contributed by atoms with E-state index >= 15 is 0 Å². The Morgan fingerprint density at radius 3 is 2.31 bits per heavy atom. The lowest BCUT2D eigenvalue weighted by atomic mass is 10.1. The van der Waals surface area contributed by atoms with Crippen LogP contribution in [0.2, 0.25) is 0 Å². The van der Waals surface area contributed by atoms with E-state index in [1.165, 1.54) is 12.8 Å². The van der Waals surface area contributed by atoms with Gasteiger partial charge in [-0.05, 0) is 49.0 Å². The molecule has 0 aliphatic heterocycles. The molecule has 0 unspecified atom stereocenters. The lowest BCUT2D eigenvalue weighted by molar-refractivity contribution is 0.657. The Kier molecular flexibility index (Phi) is 1.52. The third-order valence-electron chi connectivity index (χ3n) is 3.59. The maximum absolute atomic E-state index is 4.12. The van der Waals surface area contributed by atoms with Crippen LogP contribution in [0, 0.1) is 24.7 Å². The molecular weight excluding hydrogens is 156 g/mol. The van der Waals surface area contributed by atoms with Gasteiger partial charge in [0.1, 0.15) is 0 Å². The fraction of sp³-hybridized carbons (Fsp3) is 0.462. The summed E-state index contributed by atoms with van der Waals surface area (Å²) in [6, 6.07) is 10.9. The van der Waals surface area contributed by atoms with Crippen LogP contribution in [0.5, 0.6) is 0 Å². The fourth-order valence-corrected chi connectivity index (χ4v) is 2.57. The second-order valence-electron chi connectivity index (χ2n) is 4.58. The van der Waals surface area contributed by atoms with Crippen LogP contribution in [0.4, 0.5) is 0 Å². The molecule has 1 aromatic rings. The van der Waals surface area contributed by atoms with Crippen molar-refractivity contribution < 1.29 is 0 Å². The molecule has 1 aromatic carbocycles. The van der Waals surface area contributed by atoms with E-state index in [4.69, 9.17) is 0 Å². The summed E-state index contributed by atoms with van der Waals surface area (Å²) in [6.45, 7) is 4.12. The highest BCUT2D eigenvalue weighted by Crippen LogP contribution is 2.61. The van der Waals surface area contributed by atoms with Gasteiger partial charge in [0.2, 0.25) is 0 Å². The molecule has 2 aliphatic rings. The number of benzene rings is 1. The van der Waals surface area contributed by atoms with E-state index in [1.807, 2.05) is 0 Å². The van der Waals surface area contributed by atoms with Crippen molar-refractivity contribution in [2.24, 2.45) is 17.8 Å². The van der Waals surface area contributed by atoms with Crippen LogP contribution in [0.15, 0.2) is 30.3 Å². The summed E-state index contributed by atoms with van der Waals surface area (Å²) < 4.78 is 0. The Labute approximate surface area is 80.0 Å². The summed E-state index contributed by atoms with van der Waals surface area (Å²) in [5, 5.41) is 0. The van der Waals surface area contributed by atoms with E-state index in [-0.39, 0.29) is 0 Å². The van der Waals surface area contributed by atoms with Gasteiger partial charge in [0.05, 0.1) is 0 Å². The van der Waals surface area contributed by atoms with Crippen LogP contribution in [0.3, 0.4) is 0 Å². The molecule has 2 fully saturated rings. The van der Waals surface area contributed by atoms with Gasteiger partial charge in [-0.3, -0.25) is 0 Å². The van der Waals surface area contributed by atoms with E-state index in [9.17, 15) is 0 Å². The van der Waals surface area contributed by atoms with Gasteiger partial charge in [-0.25, -0.2) is 0 Å². The quantitative estimate of drug-likeness (QED) is 0.640. The first-order valence-corrected chi connectivity index (χ1v) is 5.24. The third kappa shape index (κ3) is 1.29. The summed E-state index contributed by atoms with van der Waals surface area (Å²) in [6.07, 6.45) is 2.80. The number of hydrogen-bond acceptors (Lipinski definition) is 0. The maximum atomic E-state index is 4.12. The van der Waals surface area contributed by atoms with E-state index in [2.05, 4.69) is 37.3 Å². The SMILES string of the molecule is [CH2][C@@H]1C[C@H]1[C@H]1C[C@@H]1c1ccccc1. The van der Waals surface area contributed by atoms with Gasteiger partial charge in [-0.1, -0.05) is 30.3 Å². The summed E-state index contributed by atoms with van der Waals surface area (Å²) in [5.74, 6) is 3.59. The molecule has 0 saturated heterocycles. The molecule has 3 rings (SSSR count). The lowest BCUT2D eigenvalue weighted by Gasteiger charge is -1.98. The van der Waals surface area contributed by atoms with Crippen molar-refractivity contribution in [2.75, 3.05) is 0 Å². The highest BCUT2D eigenvalue weighted by molar-refractivity contribution is 5.27.